The molecule has 176 valence electrons. The fourth-order valence-electron chi connectivity index (χ4n) is 6.45. The van der Waals surface area contributed by atoms with Crippen molar-refractivity contribution in [3.63, 3.8) is 0 Å². The van der Waals surface area contributed by atoms with E-state index < -0.39 is 5.41 Å². The van der Waals surface area contributed by atoms with Gasteiger partial charge in [-0.05, 0) is 53.1 Å². The average molecular weight is 474 g/mol. The smallest absolute Gasteiger partial charge is 0.233 e. The highest BCUT2D eigenvalue weighted by Crippen LogP contribution is 2.61. The zero-order chi connectivity index (χ0) is 24.4. The van der Waals surface area contributed by atoms with E-state index in [0.29, 0.717) is 17.0 Å². The summed E-state index contributed by atoms with van der Waals surface area (Å²) in [6.45, 7) is 2.07. The summed E-state index contributed by atoms with van der Waals surface area (Å²) in [7, 11) is 0. The Bertz CT molecular complexity index is 1620. The van der Waals surface area contributed by atoms with E-state index in [0.717, 1.165) is 17.4 Å². The van der Waals surface area contributed by atoms with E-state index >= 15 is 0 Å². The lowest BCUT2D eigenvalue weighted by Gasteiger charge is -2.50. The summed E-state index contributed by atoms with van der Waals surface area (Å²) in [5, 5.41) is 4.40. The molecule has 0 radical (unpaired) electrons. The standard InChI is InChI=1S/C31H24FN3O/c1-31(16-25-19-9-3-6-12-23(19)28(31)24-13-7-4-10-20(24)25)29(36)35-30-33-17-27(34-30)22-14-15-26(32)21-11-5-2-8-18(21)22/h2-15,17,25,28H,16H2,1H3,(H2,33,34,35,36). The van der Waals surface area contributed by atoms with Crippen LogP contribution >= 0.6 is 0 Å². The van der Waals surface area contributed by atoms with Crippen molar-refractivity contribution in [3.8, 4) is 11.3 Å². The zero-order valence-electron chi connectivity index (χ0n) is 19.8. The summed E-state index contributed by atoms with van der Waals surface area (Å²) in [4.78, 5) is 21.7. The first kappa shape index (κ1) is 21.1. The van der Waals surface area contributed by atoms with Gasteiger partial charge in [0.15, 0.2) is 0 Å². The molecule has 3 aliphatic rings. The van der Waals surface area contributed by atoms with Gasteiger partial charge in [-0.3, -0.25) is 10.1 Å². The Morgan fingerprint density at radius 1 is 0.889 bits per heavy atom. The lowest BCUT2D eigenvalue weighted by Crippen LogP contribution is -2.47. The van der Waals surface area contributed by atoms with E-state index in [9.17, 15) is 9.18 Å². The van der Waals surface area contributed by atoms with Gasteiger partial charge in [0, 0.05) is 29.0 Å². The van der Waals surface area contributed by atoms with Crippen molar-refractivity contribution in [3.05, 3.63) is 119 Å². The molecule has 5 heteroatoms. The highest BCUT2D eigenvalue weighted by atomic mass is 19.1. The van der Waals surface area contributed by atoms with Gasteiger partial charge in [-0.15, -0.1) is 0 Å². The molecule has 1 heterocycles. The molecule has 1 amide bonds. The van der Waals surface area contributed by atoms with Crippen molar-refractivity contribution in [1.82, 2.24) is 9.97 Å². The number of imidazole rings is 1. The van der Waals surface area contributed by atoms with Crippen molar-refractivity contribution < 1.29 is 9.18 Å². The van der Waals surface area contributed by atoms with Crippen LogP contribution in [0, 0.1) is 11.2 Å². The molecule has 0 aliphatic heterocycles. The van der Waals surface area contributed by atoms with E-state index in [1.165, 1.54) is 28.3 Å². The maximum Gasteiger partial charge on any atom is 0.233 e. The molecule has 1 unspecified atom stereocenters. The van der Waals surface area contributed by atoms with Gasteiger partial charge in [0.2, 0.25) is 11.9 Å². The molecule has 0 saturated heterocycles. The van der Waals surface area contributed by atoms with Crippen molar-refractivity contribution >= 4 is 22.6 Å². The molecule has 8 rings (SSSR count). The molecule has 2 N–H and O–H groups in total. The summed E-state index contributed by atoms with van der Waals surface area (Å²) in [5.41, 5.74) is 5.99. The second-order valence-electron chi connectivity index (χ2n) is 10.1. The first-order valence-corrected chi connectivity index (χ1v) is 12.3. The Balaban J connectivity index is 1.24. The summed E-state index contributed by atoms with van der Waals surface area (Å²) < 4.78 is 14.3. The van der Waals surface area contributed by atoms with E-state index in [1.54, 1.807) is 18.3 Å². The number of hydrogen-bond donors (Lipinski definition) is 2. The fraction of sp³-hybridized carbons (Fsp3) is 0.161. The number of H-pyrrole nitrogens is 1. The zero-order valence-corrected chi connectivity index (χ0v) is 19.8. The van der Waals surface area contributed by atoms with E-state index in [-0.39, 0.29) is 23.6 Å². The van der Waals surface area contributed by atoms with Crippen molar-refractivity contribution in [2.75, 3.05) is 5.32 Å². The molecule has 0 fully saturated rings. The number of carbonyl (C=O) groups is 1. The Labute approximate surface area is 208 Å². The van der Waals surface area contributed by atoms with E-state index in [1.807, 2.05) is 18.2 Å². The molecule has 3 aliphatic carbocycles. The van der Waals surface area contributed by atoms with Crippen molar-refractivity contribution in [2.45, 2.75) is 25.2 Å². The largest absolute Gasteiger partial charge is 0.330 e. The first-order valence-electron chi connectivity index (χ1n) is 12.3. The van der Waals surface area contributed by atoms with Gasteiger partial charge >= 0.3 is 0 Å². The highest BCUT2D eigenvalue weighted by Gasteiger charge is 2.53. The third-order valence-corrected chi connectivity index (χ3v) is 8.11. The van der Waals surface area contributed by atoms with Crippen LogP contribution in [0.3, 0.4) is 0 Å². The quantitative estimate of drug-likeness (QED) is 0.297. The molecule has 1 atom stereocenters. The number of nitrogens with zero attached hydrogens (tertiary/aromatic N) is 1. The Morgan fingerprint density at radius 3 is 2.19 bits per heavy atom. The molecule has 0 saturated carbocycles. The van der Waals surface area contributed by atoms with Crippen LogP contribution in [-0.2, 0) is 4.79 Å². The number of carbonyl (C=O) groups excluding carboxylic acids is 1. The van der Waals surface area contributed by atoms with Gasteiger partial charge in [-0.2, -0.15) is 0 Å². The summed E-state index contributed by atoms with van der Waals surface area (Å²) >= 11 is 0. The number of nitrogens with one attached hydrogen (secondary N) is 2. The molecule has 4 aromatic carbocycles. The number of aromatic nitrogens is 2. The summed E-state index contributed by atoms with van der Waals surface area (Å²) in [6, 6.07) is 27.6. The van der Waals surface area contributed by atoms with Crippen molar-refractivity contribution in [1.29, 1.82) is 0 Å². The van der Waals surface area contributed by atoms with Gasteiger partial charge in [0.25, 0.3) is 0 Å². The molecular weight excluding hydrogens is 449 g/mol. The molecule has 4 nitrogen and oxygen atoms in total. The third kappa shape index (κ3) is 2.92. The summed E-state index contributed by atoms with van der Waals surface area (Å²) in [6.07, 6.45) is 2.50. The predicted octanol–water partition coefficient (Wildman–Crippen LogP) is 6.99. The van der Waals surface area contributed by atoms with Gasteiger partial charge in [-0.1, -0.05) is 72.8 Å². The Kier molecular flexibility index (Phi) is 4.46. The second-order valence-corrected chi connectivity index (χ2v) is 10.1. The fourth-order valence-corrected chi connectivity index (χ4v) is 6.45. The average Bonchev–Trinajstić information content (AvgIpc) is 3.37. The SMILES string of the molecule is CC1(C(=O)Nc2nc(-c3ccc(F)c4ccccc34)c[nH]2)CC2c3ccccc3C1c1ccccc12. The number of rotatable bonds is 3. The minimum absolute atomic E-state index is 0.0228. The van der Waals surface area contributed by atoms with Crippen molar-refractivity contribution in [2.24, 2.45) is 5.41 Å². The van der Waals surface area contributed by atoms with Crippen LogP contribution in [-0.4, -0.2) is 15.9 Å². The normalized spacial score (nSPS) is 21.7. The molecule has 1 aromatic heterocycles. The minimum Gasteiger partial charge on any atom is -0.330 e. The number of aromatic amines is 1. The van der Waals surface area contributed by atoms with Crippen LogP contribution in [0.1, 0.15) is 47.4 Å². The highest BCUT2D eigenvalue weighted by molar-refractivity contribution is 5.98. The van der Waals surface area contributed by atoms with Crippen LogP contribution in [0.4, 0.5) is 10.3 Å². The third-order valence-electron chi connectivity index (χ3n) is 8.11. The topological polar surface area (TPSA) is 57.8 Å². The minimum atomic E-state index is -0.622. The van der Waals surface area contributed by atoms with Crippen LogP contribution in [0.15, 0.2) is 91.1 Å². The molecular formula is C31H24FN3O. The van der Waals surface area contributed by atoms with E-state index in [2.05, 4.69) is 70.7 Å². The summed E-state index contributed by atoms with van der Waals surface area (Å²) in [5.74, 6) is 0.250. The van der Waals surface area contributed by atoms with E-state index in [4.69, 9.17) is 0 Å². The number of anilines is 1. The number of halogens is 1. The first-order chi connectivity index (χ1) is 17.5. The Morgan fingerprint density at radius 2 is 1.50 bits per heavy atom. The maximum atomic E-state index is 14.3. The van der Waals surface area contributed by atoms with Gasteiger partial charge < -0.3 is 4.98 Å². The molecule has 2 bridgehead atoms. The lowest BCUT2D eigenvalue weighted by molar-refractivity contribution is -0.126. The molecule has 36 heavy (non-hydrogen) atoms. The second kappa shape index (κ2) is 7.62. The van der Waals surface area contributed by atoms with Crippen LogP contribution in [0.2, 0.25) is 0 Å². The number of amides is 1. The maximum absolute atomic E-state index is 14.3. The lowest BCUT2D eigenvalue weighted by atomic mass is 9.52. The van der Waals surface area contributed by atoms with Crippen LogP contribution < -0.4 is 5.32 Å². The number of benzene rings is 4. The monoisotopic (exact) mass is 473 g/mol. The number of hydrogen-bond acceptors (Lipinski definition) is 2. The van der Waals surface area contributed by atoms with Crippen LogP contribution in [0.25, 0.3) is 22.0 Å². The van der Waals surface area contributed by atoms with Gasteiger partial charge in [0.05, 0.1) is 11.1 Å². The Hall–Kier alpha value is -4.25. The molecule has 0 spiro atoms. The van der Waals surface area contributed by atoms with Gasteiger partial charge in [0.1, 0.15) is 5.82 Å². The molecule has 5 aromatic rings. The predicted molar refractivity (Wildman–Crippen MR) is 139 cm³/mol. The van der Waals surface area contributed by atoms with Crippen LogP contribution in [0.5, 0.6) is 0 Å². The number of fused-ring (bicyclic) bond motifs is 2. The van der Waals surface area contributed by atoms with Gasteiger partial charge in [-0.25, -0.2) is 9.37 Å².